The van der Waals surface area contributed by atoms with Gasteiger partial charge in [-0.05, 0) is 31.9 Å². The number of carbonyl (C=O) groups excluding carboxylic acids is 1. The molecule has 1 fully saturated rings. The van der Waals surface area contributed by atoms with Crippen molar-refractivity contribution in [3.63, 3.8) is 0 Å². The number of hydrogen-bond acceptors (Lipinski definition) is 4. The predicted molar refractivity (Wildman–Crippen MR) is 74.3 cm³/mol. The van der Waals surface area contributed by atoms with E-state index in [4.69, 9.17) is 9.47 Å². The summed E-state index contributed by atoms with van der Waals surface area (Å²) in [7, 11) is 0. The SMILES string of the molecule is CCOC(=O)Cn1c(C2CCCO2)nc2ccccc21. The van der Waals surface area contributed by atoms with Crippen LogP contribution in [0.3, 0.4) is 0 Å². The maximum Gasteiger partial charge on any atom is 0.326 e. The van der Waals surface area contributed by atoms with Crippen molar-refractivity contribution < 1.29 is 14.3 Å². The summed E-state index contributed by atoms with van der Waals surface area (Å²) >= 11 is 0. The fourth-order valence-electron chi connectivity index (χ4n) is 2.62. The molecule has 1 aromatic carbocycles. The number of ether oxygens (including phenoxy) is 2. The molecular weight excluding hydrogens is 256 g/mol. The Morgan fingerprint density at radius 1 is 1.50 bits per heavy atom. The lowest BCUT2D eigenvalue weighted by atomic mass is 10.2. The number of fused-ring (bicyclic) bond motifs is 1. The molecule has 3 rings (SSSR count). The molecule has 1 unspecified atom stereocenters. The minimum atomic E-state index is -0.241. The molecule has 1 aliphatic heterocycles. The molecule has 106 valence electrons. The van der Waals surface area contributed by atoms with E-state index < -0.39 is 0 Å². The third-order valence-corrected chi connectivity index (χ3v) is 3.49. The quantitative estimate of drug-likeness (QED) is 0.804. The van der Waals surface area contributed by atoms with Crippen molar-refractivity contribution in [3.05, 3.63) is 30.1 Å². The van der Waals surface area contributed by atoms with Gasteiger partial charge in [0.2, 0.25) is 0 Å². The highest BCUT2D eigenvalue weighted by atomic mass is 16.5. The van der Waals surface area contributed by atoms with Crippen molar-refractivity contribution >= 4 is 17.0 Å². The smallest absolute Gasteiger partial charge is 0.326 e. The predicted octanol–water partition coefficient (Wildman–Crippen LogP) is 2.45. The first kappa shape index (κ1) is 13.1. The van der Waals surface area contributed by atoms with E-state index in [1.807, 2.05) is 35.8 Å². The lowest BCUT2D eigenvalue weighted by molar-refractivity contribution is -0.143. The highest BCUT2D eigenvalue weighted by Crippen LogP contribution is 2.30. The summed E-state index contributed by atoms with van der Waals surface area (Å²) in [5.41, 5.74) is 1.84. The highest BCUT2D eigenvalue weighted by Gasteiger charge is 2.25. The molecule has 1 atom stereocenters. The average Bonchev–Trinajstić information content (AvgIpc) is 3.07. The molecule has 0 spiro atoms. The Hall–Kier alpha value is -1.88. The third kappa shape index (κ3) is 2.41. The van der Waals surface area contributed by atoms with E-state index in [9.17, 15) is 4.79 Å². The number of benzene rings is 1. The summed E-state index contributed by atoms with van der Waals surface area (Å²) < 4.78 is 12.7. The minimum Gasteiger partial charge on any atom is -0.465 e. The normalized spacial score (nSPS) is 18.6. The molecule has 0 aliphatic carbocycles. The Labute approximate surface area is 117 Å². The van der Waals surface area contributed by atoms with Crippen molar-refractivity contribution in [2.45, 2.75) is 32.4 Å². The Morgan fingerprint density at radius 3 is 3.10 bits per heavy atom. The monoisotopic (exact) mass is 274 g/mol. The Kier molecular flexibility index (Phi) is 3.69. The second kappa shape index (κ2) is 5.63. The molecule has 0 bridgehead atoms. The topological polar surface area (TPSA) is 53.4 Å². The fraction of sp³-hybridized carbons (Fsp3) is 0.467. The van der Waals surface area contributed by atoms with Crippen LogP contribution in [-0.4, -0.2) is 28.7 Å². The van der Waals surface area contributed by atoms with Gasteiger partial charge < -0.3 is 14.0 Å². The zero-order valence-corrected chi connectivity index (χ0v) is 11.5. The number of para-hydroxylation sites is 2. The molecule has 2 heterocycles. The van der Waals surface area contributed by atoms with Gasteiger partial charge in [-0.3, -0.25) is 4.79 Å². The molecule has 2 aromatic rings. The highest BCUT2D eigenvalue weighted by molar-refractivity contribution is 5.79. The second-order valence-corrected chi connectivity index (χ2v) is 4.85. The van der Waals surface area contributed by atoms with Gasteiger partial charge in [-0.1, -0.05) is 12.1 Å². The van der Waals surface area contributed by atoms with E-state index in [0.717, 1.165) is 36.3 Å². The molecule has 5 nitrogen and oxygen atoms in total. The molecular formula is C15H18N2O3. The van der Waals surface area contributed by atoms with Crippen molar-refractivity contribution in [2.75, 3.05) is 13.2 Å². The first-order chi connectivity index (χ1) is 9.79. The van der Waals surface area contributed by atoms with Gasteiger partial charge in [0.25, 0.3) is 0 Å². The summed E-state index contributed by atoms with van der Waals surface area (Å²) in [6, 6.07) is 7.82. The van der Waals surface area contributed by atoms with Crippen LogP contribution in [0.4, 0.5) is 0 Å². The Balaban J connectivity index is 2.01. The van der Waals surface area contributed by atoms with Crippen LogP contribution in [0.5, 0.6) is 0 Å². The van der Waals surface area contributed by atoms with Gasteiger partial charge in [-0.25, -0.2) is 4.98 Å². The lowest BCUT2D eigenvalue weighted by Gasteiger charge is -2.12. The van der Waals surface area contributed by atoms with E-state index >= 15 is 0 Å². The van der Waals surface area contributed by atoms with Crippen LogP contribution in [0, 0.1) is 0 Å². The maximum absolute atomic E-state index is 11.8. The number of carbonyl (C=O) groups is 1. The number of rotatable bonds is 4. The van der Waals surface area contributed by atoms with Gasteiger partial charge in [0.15, 0.2) is 0 Å². The molecule has 20 heavy (non-hydrogen) atoms. The summed E-state index contributed by atoms with van der Waals surface area (Å²) in [6.07, 6.45) is 1.97. The van der Waals surface area contributed by atoms with E-state index in [0.29, 0.717) is 6.61 Å². The van der Waals surface area contributed by atoms with E-state index in [-0.39, 0.29) is 18.6 Å². The Bertz CT molecular complexity index is 615. The number of nitrogens with zero attached hydrogens (tertiary/aromatic N) is 2. The number of imidazole rings is 1. The molecule has 5 heteroatoms. The van der Waals surface area contributed by atoms with Gasteiger partial charge in [-0.15, -0.1) is 0 Å². The average molecular weight is 274 g/mol. The molecule has 1 aromatic heterocycles. The van der Waals surface area contributed by atoms with E-state index in [1.54, 1.807) is 0 Å². The van der Waals surface area contributed by atoms with E-state index in [1.165, 1.54) is 0 Å². The molecule has 1 aliphatic rings. The van der Waals surface area contributed by atoms with Gasteiger partial charge in [0.05, 0.1) is 17.6 Å². The summed E-state index contributed by atoms with van der Waals surface area (Å²) in [5, 5.41) is 0. The fourth-order valence-corrected chi connectivity index (χ4v) is 2.62. The van der Waals surface area contributed by atoms with Crippen LogP contribution >= 0.6 is 0 Å². The largest absolute Gasteiger partial charge is 0.465 e. The van der Waals surface area contributed by atoms with Crippen LogP contribution in [-0.2, 0) is 20.8 Å². The summed E-state index contributed by atoms with van der Waals surface area (Å²) in [6.45, 7) is 3.14. The van der Waals surface area contributed by atoms with Gasteiger partial charge in [0, 0.05) is 6.61 Å². The van der Waals surface area contributed by atoms with Crippen LogP contribution in [0.1, 0.15) is 31.7 Å². The molecule has 0 amide bonds. The van der Waals surface area contributed by atoms with E-state index in [2.05, 4.69) is 4.98 Å². The zero-order chi connectivity index (χ0) is 13.9. The molecule has 0 saturated carbocycles. The van der Waals surface area contributed by atoms with Crippen LogP contribution in [0.25, 0.3) is 11.0 Å². The summed E-state index contributed by atoms with van der Waals surface area (Å²) in [4.78, 5) is 16.4. The summed E-state index contributed by atoms with van der Waals surface area (Å²) in [5.74, 6) is 0.589. The standard InChI is InChI=1S/C15H18N2O3/c1-2-19-14(18)10-17-12-7-4-3-6-11(12)16-15(17)13-8-5-9-20-13/h3-4,6-7,13H,2,5,8-10H2,1H3. The van der Waals surface area contributed by atoms with Crippen molar-refractivity contribution in [1.82, 2.24) is 9.55 Å². The molecule has 1 saturated heterocycles. The molecule has 0 N–H and O–H groups in total. The van der Waals surface area contributed by atoms with Gasteiger partial charge in [0.1, 0.15) is 18.5 Å². The van der Waals surface area contributed by atoms with Crippen molar-refractivity contribution in [2.24, 2.45) is 0 Å². The Morgan fingerprint density at radius 2 is 2.35 bits per heavy atom. The van der Waals surface area contributed by atoms with Crippen LogP contribution in [0.15, 0.2) is 24.3 Å². The van der Waals surface area contributed by atoms with Crippen LogP contribution < -0.4 is 0 Å². The van der Waals surface area contributed by atoms with Crippen LogP contribution in [0.2, 0.25) is 0 Å². The minimum absolute atomic E-state index is 0.0168. The van der Waals surface area contributed by atoms with Gasteiger partial charge in [-0.2, -0.15) is 0 Å². The number of hydrogen-bond donors (Lipinski definition) is 0. The maximum atomic E-state index is 11.8. The number of esters is 1. The second-order valence-electron chi connectivity index (χ2n) is 4.85. The first-order valence-corrected chi connectivity index (χ1v) is 7.02. The number of aromatic nitrogens is 2. The third-order valence-electron chi connectivity index (χ3n) is 3.49. The zero-order valence-electron chi connectivity index (χ0n) is 11.5. The lowest BCUT2D eigenvalue weighted by Crippen LogP contribution is -2.17. The van der Waals surface area contributed by atoms with Crippen molar-refractivity contribution in [1.29, 1.82) is 0 Å². The van der Waals surface area contributed by atoms with Crippen molar-refractivity contribution in [3.8, 4) is 0 Å². The first-order valence-electron chi connectivity index (χ1n) is 7.02. The molecule has 0 radical (unpaired) electrons. The van der Waals surface area contributed by atoms with Gasteiger partial charge >= 0.3 is 5.97 Å².